The van der Waals surface area contributed by atoms with E-state index in [2.05, 4.69) is 77.0 Å². The van der Waals surface area contributed by atoms with E-state index in [1.165, 1.54) is 0 Å². The van der Waals surface area contributed by atoms with Gasteiger partial charge < -0.3 is 19.6 Å². The summed E-state index contributed by atoms with van der Waals surface area (Å²) in [5, 5.41) is 16.1. The SMILES string of the molecule is CC#Cc1nn(C2CC(O)C(CC)O2)c2nc(/N=C/N(CC(C)C)CC(C)C)nc(/N=C/N(CC(C)C)CC(C)C)c12. The summed E-state index contributed by atoms with van der Waals surface area (Å²) >= 11 is 0. The third kappa shape index (κ3) is 9.23. The van der Waals surface area contributed by atoms with Gasteiger partial charge in [-0.15, -0.1) is 0 Å². The standard InChI is InChI=1S/C32H52N8O2/c1-11-13-25-29-30(33-19-38(15-21(3)4)16-22(5)6)35-32(34-20-39(17-23(7)8)18-24(9)10)36-31(29)40(37-25)28-14-26(41)27(12-2)42-28/h19-24,26-28,41H,12,14-18H2,1-10H3/b33-19+,34-20+. The molecule has 10 heteroatoms. The lowest BCUT2D eigenvalue weighted by Crippen LogP contribution is -2.30. The van der Waals surface area contributed by atoms with Gasteiger partial charge in [-0.1, -0.05) is 68.2 Å². The predicted octanol–water partition coefficient (Wildman–Crippen LogP) is 5.80. The highest BCUT2D eigenvalue weighted by molar-refractivity contribution is 5.92. The second-order valence-corrected chi connectivity index (χ2v) is 13.0. The number of fused-ring (bicyclic) bond motifs is 1. The molecule has 0 aliphatic carbocycles. The van der Waals surface area contributed by atoms with Crippen LogP contribution in [0.2, 0.25) is 0 Å². The number of aliphatic hydroxyl groups excluding tert-OH is 1. The highest BCUT2D eigenvalue weighted by Crippen LogP contribution is 2.35. The Morgan fingerprint density at radius 3 is 1.95 bits per heavy atom. The van der Waals surface area contributed by atoms with Crippen LogP contribution in [0.3, 0.4) is 0 Å². The van der Waals surface area contributed by atoms with Crippen LogP contribution in [0.5, 0.6) is 0 Å². The van der Waals surface area contributed by atoms with Gasteiger partial charge in [-0.25, -0.2) is 14.7 Å². The van der Waals surface area contributed by atoms with Crippen molar-refractivity contribution in [2.24, 2.45) is 33.7 Å². The lowest BCUT2D eigenvalue weighted by Gasteiger charge is -2.23. The first-order valence-corrected chi connectivity index (χ1v) is 15.5. The minimum atomic E-state index is -0.571. The average molecular weight is 581 g/mol. The van der Waals surface area contributed by atoms with Crippen LogP contribution in [0.4, 0.5) is 11.8 Å². The summed E-state index contributed by atoms with van der Waals surface area (Å²) in [4.78, 5) is 23.8. The Labute approximate surface area is 252 Å². The van der Waals surface area contributed by atoms with E-state index in [0.29, 0.717) is 65.0 Å². The molecule has 2 aromatic heterocycles. The molecule has 42 heavy (non-hydrogen) atoms. The maximum atomic E-state index is 10.6. The van der Waals surface area contributed by atoms with Gasteiger partial charge >= 0.3 is 0 Å². The molecule has 0 spiro atoms. The molecule has 3 rings (SSSR count). The number of hydrogen-bond acceptors (Lipinski definition) is 7. The van der Waals surface area contributed by atoms with Crippen LogP contribution in [0.15, 0.2) is 9.98 Å². The number of aliphatic imine (C=N–C) groups is 2. The van der Waals surface area contributed by atoms with Crippen molar-refractivity contribution in [3.05, 3.63) is 5.69 Å². The molecule has 232 valence electrons. The predicted molar refractivity (Wildman–Crippen MR) is 172 cm³/mol. The maximum Gasteiger partial charge on any atom is 0.254 e. The van der Waals surface area contributed by atoms with E-state index in [1.807, 2.05) is 19.6 Å². The summed E-state index contributed by atoms with van der Waals surface area (Å²) in [6.45, 7) is 24.9. The molecule has 3 atom stereocenters. The van der Waals surface area contributed by atoms with Crippen LogP contribution in [0.1, 0.15) is 94.0 Å². The molecule has 1 N–H and O–H groups in total. The molecule has 2 aromatic rings. The summed E-state index contributed by atoms with van der Waals surface area (Å²) in [6, 6.07) is 0. The molecule has 1 fully saturated rings. The highest BCUT2D eigenvalue weighted by Gasteiger charge is 2.36. The summed E-state index contributed by atoms with van der Waals surface area (Å²) in [6.07, 6.45) is 3.55. The molecule has 3 unspecified atom stereocenters. The summed E-state index contributed by atoms with van der Waals surface area (Å²) < 4.78 is 7.94. The molecule has 1 saturated heterocycles. The zero-order chi connectivity index (χ0) is 31.0. The van der Waals surface area contributed by atoms with E-state index < -0.39 is 12.3 Å². The van der Waals surface area contributed by atoms with Crippen LogP contribution in [0, 0.1) is 35.5 Å². The van der Waals surface area contributed by atoms with E-state index in [-0.39, 0.29) is 6.10 Å². The van der Waals surface area contributed by atoms with Gasteiger partial charge in [0.15, 0.2) is 17.7 Å². The number of aliphatic hydroxyl groups is 1. The zero-order valence-corrected chi connectivity index (χ0v) is 27.4. The third-order valence-electron chi connectivity index (χ3n) is 6.72. The molecule has 0 amide bonds. The lowest BCUT2D eigenvalue weighted by molar-refractivity contribution is -0.0232. The Morgan fingerprint density at radius 2 is 1.48 bits per heavy atom. The van der Waals surface area contributed by atoms with Crippen LogP contribution < -0.4 is 0 Å². The summed E-state index contributed by atoms with van der Waals surface area (Å²) in [7, 11) is 0. The minimum absolute atomic E-state index is 0.256. The second-order valence-electron chi connectivity index (χ2n) is 13.0. The topological polar surface area (TPSA) is 104 Å². The smallest absolute Gasteiger partial charge is 0.254 e. The molecule has 3 heterocycles. The molecule has 0 radical (unpaired) electrons. The van der Waals surface area contributed by atoms with Crippen molar-refractivity contribution >= 4 is 35.5 Å². The van der Waals surface area contributed by atoms with Gasteiger partial charge in [0.05, 0.1) is 24.9 Å². The Kier molecular flexibility index (Phi) is 12.3. The van der Waals surface area contributed by atoms with E-state index >= 15 is 0 Å². The zero-order valence-electron chi connectivity index (χ0n) is 27.4. The minimum Gasteiger partial charge on any atom is -0.390 e. The maximum absolute atomic E-state index is 10.6. The fourth-order valence-electron chi connectivity index (χ4n) is 5.28. The molecule has 10 nitrogen and oxygen atoms in total. The Balaban J connectivity index is 2.18. The van der Waals surface area contributed by atoms with Crippen LogP contribution in [0.25, 0.3) is 11.0 Å². The molecule has 1 aliphatic heterocycles. The fourth-order valence-corrected chi connectivity index (χ4v) is 5.28. The van der Waals surface area contributed by atoms with Crippen LogP contribution in [-0.2, 0) is 4.74 Å². The normalized spacial score (nSPS) is 19.4. The van der Waals surface area contributed by atoms with Crippen LogP contribution >= 0.6 is 0 Å². The van der Waals surface area contributed by atoms with Crippen molar-refractivity contribution in [3.8, 4) is 11.8 Å². The largest absolute Gasteiger partial charge is 0.390 e. The molecule has 0 saturated carbocycles. The fraction of sp³-hybridized carbons (Fsp3) is 0.719. The third-order valence-corrected chi connectivity index (χ3v) is 6.72. The molecule has 0 aromatic carbocycles. The Morgan fingerprint density at radius 1 is 0.929 bits per heavy atom. The first-order chi connectivity index (χ1) is 19.9. The van der Waals surface area contributed by atoms with Gasteiger partial charge in [0, 0.05) is 32.6 Å². The van der Waals surface area contributed by atoms with E-state index in [4.69, 9.17) is 29.8 Å². The lowest BCUT2D eigenvalue weighted by atomic mass is 10.1. The van der Waals surface area contributed by atoms with Crippen molar-refractivity contribution < 1.29 is 9.84 Å². The summed E-state index contributed by atoms with van der Waals surface area (Å²) in [5.74, 6) is 8.80. The number of hydrogen-bond donors (Lipinski definition) is 1. The van der Waals surface area contributed by atoms with Crippen molar-refractivity contribution in [2.75, 3.05) is 26.2 Å². The highest BCUT2D eigenvalue weighted by atomic mass is 16.5. The number of rotatable bonds is 14. The first kappa shape index (κ1) is 33.5. The van der Waals surface area contributed by atoms with E-state index in [0.717, 1.165) is 26.2 Å². The van der Waals surface area contributed by atoms with Gasteiger partial charge in [-0.05, 0) is 42.9 Å². The number of aromatic nitrogens is 4. The first-order valence-electron chi connectivity index (χ1n) is 15.5. The van der Waals surface area contributed by atoms with Gasteiger partial charge in [-0.3, -0.25) is 0 Å². The Hall–Kier alpha value is -3.03. The van der Waals surface area contributed by atoms with Gasteiger partial charge in [0.25, 0.3) is 5.95 Å². The average Bonchev–Trinajstić information content (AvgIpc) is 3.44. The number of nitrogens with zero attached hydrogens (tertiary/aromatic N) is 8. The molecular formula is C32H52N8O2. The van der Waals surface area contributed by atoms with Gasteiger partial charge in [-0.2, -0.15) is 15.1 Å². The Bertz CT molecular complexity index is 1250. The van der Waals surface area contributed by atoms with Crippen molar-refractivity contribution in [1.29, 1.82) is 0 Å². The second kappa shape index (κ2) is 15.4. The molecule has 1 aliphatic rings. The van der Waals surface area contributed by atoms with Crippen molar-refractivity contribution in [1.82, 2.24) is 29.5 Å². The van der Waals surface area contributed by atoms with E-state index in [9.17, 15) is 5.11 Å². The van der Waals surface area contributed by atoms with Crippen LogP contribution in [-0.4, -0.2) is 85.7 Å². The monoisotopic (exact) mass is 580 g/mol. The van der Waals surface area contributed by atoms with Crippen molar-refractivity contribution in [3.63, 3.8) is 0 Å². The number of ether oxygens (including phenoxy) is 1. The summed E-state index contributed by atoms with van der Waals surface area (Å²) in [5.41, 5.74) is 1.09. The quantitative estimate of drug-likeness (QED) is 0.171. The van der Waals surface area contributed by atoms with Gasteiger partial charge in [0.1, 0.15) is 11.1 Å². The van der Waals surface area contributed by atoms with E-state index in [1.54, 1.807) is 11.6 Å². The molecule has 0 bridgehead atoms. The van der Waals surface area contributed by atoms with Crippen molar-refractivity contribution in [2.45, 2.75) is 101 Å². The van der Waals surface area contributed by atoms with Gasteiger partial charge in [0.2, 0.25) is 0 Å². The molecular weight excluding hydrogens is 528 g/mol.